The van der Waals surface area contributed by atoms with Crippen molar-refractivity contribution in [2.45, 2.75) is 20.4 Å². The molecule has 1 N–H and O–H groups in total. The lowest BCUT2D eigenvalue weighted by atomic mass is 10.5. The first-order valence-corrected chi connectivity index (χ1v) is 6.89. The minimum Gasteiger partial charge on any atom is -0.355 e. The summed E-state index contributed by atoms with van der Waals surface area (Å²) in [5, 5.41) is 3.20. The first kappa shape index (κ1) is 13.0. The molecule has 0 radical (unpaired) electrons. The van der Waals surface area contributed by atoms with Gasteiger partial charge in [0.15, 0.2) is 0 Å². The Hall–Kier alpha value is -1.10. The van der Waals surface area contributed by atoms with Gasteiger partial charge in [-0.15, -0.1) is 6.58 Å². The van der Waals surface area contributed by atoms with Crippen molar-refractivity contribution in [1.82, 2.24) is 9.55 Å². The number of anilines is 1. The Kier molecular flexibility index (Phi) is 5.25. The lowest BCUT2D eigenvalue weighted by Crippen LogP contribution is -2.14. The molecule has 5 heteroatoms. The van der Waals surface area contributed by atoms with Crippen LogP contribution in [0.15, 0.2) is 18.9 Å². The molecule has 16 heavy (non-hydrogen) atoms. The highest BCUT2D eigenvalue weighted by molar-refractivity contribution is 7.84. The normalized spacial score (nSPS) is 12.4. The van der Waals surface area contributed by atoms with Gasteiger partial charge < -0.3 is 9.88 Å². The summed E-state index contributed by atoms with van der Waals surface area (Å²) in [6.45, 7) is 9.01. The summed E-state index contributed by atoms with van der Waals surface area (Å²) in [5.41, 5.74) is 0.973. The summed E-state index contributed by atoms with van der Waals surface area (Å²) in [7, 11) is -0.724. The fraction of sp³-hybridized carbons (Fsp3) is 0.545. The Labute approximate surface area is 99.2 Å². The Morgan fingerprint density at radius 1 is 1.69 bits per heavy atom. The minimum absolute atomic E-state index is 0.663. The Morgan fingerprint density at radius 2 is 2.44 bits per heavy atom. The molecular weight excluding hydrogens is 222 g/mol. The predicted octanol–water partition coefficient (Wildman–Crippen LogP) is 1.56. The highest BCUT2D eigenvalue weighted by atomic mass is 32.2. The molecule has 1 heterocycles. The molecule has 0 spiro atoms. The maximum Gasteiger partial charge on any atom is 0.203 e. The minimum atomic E-state index is -0.724. The Balaban J connectivity index is 2.52. The van der Waals surface area contributed by atoms with Crippen molar-refractivity contribution in [3.63, 3.8) is 0 Å². The quantitative estimate of drug-likeness (QED) is 0.737. The van der Waals surface area contributed by atoms with Crippen molar-refractivity contribution in [2.75, 3.05) is 23.4 Å². The number of hydrogen-bond donors (Lipinski definition) is 1. The van der Waals surface area contributed by atoms with Gasteiger partial charge in [-0.05, 0) is 6.92 Å². The number of nitrogens with zero attached hydrogens (tertiary/aromatic N) is 2. The van der Waals surface area contributed by atoms with Gasteiger partial charge in [0.25, 0.3) is 0 Å². The van der Waals surface area contributed by atoms with Gasteiger partial charge in [0.05, 0.1) is 5.69 Å². The number of aryl methyl sites for hydroxylation is 1. The zero-order valence-electron chi connectivity index (χ0n) is 9.90. The summed E-state index contributed by atoms with van der Waals surface area (Å²) in [6.07, 6.45) is 3.80. The van der Waals surface area contributed by atoms with Crippen LogP contribution < -0.4 is 5.32 Å². The molecule has 4 nitrogen and oxygen atoms in total. The summed E-state index contributed by atoms with van der Waals surface area (Å²) < 4.78 is 13.2. The SMILES string of the molecule is C=CCn1cc(C)nc1NCCS(=O)CC. The molecule has 0 bridgehead atoms. The van der Waals surface area contributed by atoms with Crippen LogP contribution in [-0.4, -0.2) is 31.8 Å². The average molecular weight is 241 g/mol. The van der Waals surface area contributed by atoms with Gasteiger partial charge in [-0.2, -0.15) is 0 Å². The number of nitrogens with one attached hydrogen (secondary N) is 1. The summed E-state index contributed by atoms with van der Waals surface area (Å²) in [5.74, 6) is 2.20. The van der Waals surface area contributed by atoms with Crippen LogP contribution in [0.4, 0.5) is 5.95 Å². The van der Waals surface area contributed by atoms with Crippen molar-refractivity contribution in [3.8, 4) is 0 Å². The maximum atomic E-state index is 11.2. The zero-order valence-corrected chi connectivity index (χ0v) is 10.7. The van der Waals surface area contributed by atoms with Crippen LogP contribution in [0.1, 0.15) is 12.6 Å². The van der Waals surface area contributed by atoms with E-state index in [1.807, 2.05) is 30.7 Å². The van der Waals surface area contributed by atoms with Crippen LogP contribution >= 0.6 is 0 Å². The average Bonchev–Trinajstić information content (AvgIpc) is 2.59. The molecule has 1 unspecified atom stereocenters. The third kappa shape index (κ3) is 3.81. The molecular formula is C11H19N3OS. The second-order valence-corrected chi connectivity index (χ2v) is 5.37. The fourth-order valence-corrected chi connectivity index (χ4v) is 2.01. The van der Waals surface area contributed by atoms with E-state index in [4.69, 9.17) is 0 Å². The molecule has 1 rings (SSSR count). The predicted molar refractivity (Wildman–Crippen MR) is 69.2 cm³/mol. The molecule has 1 aromatic heterocycles. The molecule has 1 aromatic rings. The maximum absolute atomic E-state index is 11.2. The highest BCUT2D eigenvalue weighted by Gasteiger charge is 2.04. The number of imidazole rings is 1. The van der Waals surface area contributed by atoms with E-state index in [2.05, 4.69) is 16.9 Å². The number of hydrogen-bond acceptors (Lipinski definition) is 3. The van der Waals surface area contributed by atoms with E-state index in [9.17, 15) is 4.21 Å². The van der Waals surface area contributed by atoms with Gasteiger partial charge in [0, 0.05) is 41.6 Å². The highest BCUT2D eigenvalue weighted by Crippen LogP contribution is 2.07. The molecule has 0 aromatic carbocycles. The van der Waals surface area contributed by atoms with E-state index in [1.54, 1.807) is 0 Å². The molecule has 1 atom stereocenters. The second-order valence-electron chi connectivity index (χ2n) is 3.51. The molecule has 0 amide bonds. The molecule has 0 aliphatic carbocycles. The monoisotopic (exact) mass is 241 g/mol. The standard InChI is InChI=1S/C11H19N3OS/c1-4-7-14-9-10(3)13-11(14)12-6-8-16(15)5-2/h4,9H,1,5-8H2,2-3H3,(H,12,13). The smallest absolute Gasteiger partial charge is 0.203 e. The van der Waals surface area contributed by atoms with Gasteiger partial charge in [-0.25, -0.2) is 4.98 Å². The Morgan fingerprint density at radius 3 is 3.06 bits per heavy atom. The van der Waals surface area contributed by atoms with Gasteiger partial charge in [-0.3, -0.25) is 4.21 Å². The van der Waals surface area contributed by atoms with Gasteiger partial charge in [0.2, 0.25) is 5.95 Å². The van der Waals surface area contributed by atoms with Gasteiger partial charge >= 0.3 is 0 Å². The topological polar surface area (TPSA) is 46.9 Å². The molecule has 0 fully saturated rings. The number of rotatable bonds is 7. The van der Waals surface area contributed by atoms with E-state index < -0.39 is 10.8 Å². The first-order chi connectivity index (χ1) is 7.67. The molecule has 0 aliphatic rings. The molecule has 0 saturated heterocycles. The first-order valence-electron chi connectivity index (χ1n) is 5.41. The van der Waals surface area contributed by atoms with Crippen molar-refractivity contribution in [2.24, 2.45) is 0 Å². The van der Waals surface area contributed by atoms with E-state index in [0.29, 0.717) is 18.1 Å². The summed E-state index contributed by atoms with van der Waals surface area (Å²) >= 11 is 0. The van der Waals surface area contributed by atoms with Crippen LogP contribution in [-0.2, 0) is 17.3 Å². The largest absolute Gasteiger partial charge is 0.355 e. The second kappa shape index (κ2) is 6.48. The third-order valence-electron chi connectivity index (χ3n) is 2.16. The molecule has 90 valence electrons. The van der Waals surface area contributed by atoms with E-state index in [1.165, 1.54) is 0 Å². The summed E-state index contributed by atoms with van der Waals surface area (Å²) in [4.78, 5) is 4.36. The van der Waals surface area contributed by atoms with Crippen molar-refractivity contribution < 1.29 is 4.21 Å². The number of allylic oxidation sites excluding steroid dienone is 1. The van der Waals surface area contributed by atoms with Crippen LogP contribution in [0.2, 0.25) is 0 Å². The van der Waals surface area contributed by atoms with E-state index in [-0.39, 0.29) is 0 Å². The van der Waals surface area contributed by atoms with Crippen molar-refractivity contribution >= 4 is 16.7 Å². The van der Waals surface area contributed by atoms with Crippen LogP contribution in [0.3, 0.4) is 0 Å². The van der Waals surface area contributed by atoms with E-state index >= 15 is 0 Å². The van der Waals surface area contributed by atoms with Crippen LogP contribution in [0, 0.1) is 6.92 Å². The lowest BCUT2D eigenvalue weighted by molar-refractivity contribution is 0.683. The zero-order chi connectivity index (χ0) is 12.0. The molecule has 0 aliphatic heterocycles. The van der Waals surface area contributed by atoms with E-state index in [0.717, 1.165) is 18.2 Å². The van der Waals surface area contributed by atoms with Crippen LogP contribution in [0.25, 0.3) is 0 Å². The Bertz CT molecular complexity index is 373. The third-order valence-corrected chi connectivity index (χ3v) is 3.46. The molecule has 0 saturated carbocycles. The lowest BCUT2D eigenvalue weighted by Gasteiger charge is -2.07. The summed E-state index contributed by atoms with van der Waals surface area (Å²) in [6, 6.07) is 0. The van der Waals surface area contributed by atoms with Gasteiger partial charge in [0.1, 0.15) is 0 Å². The fourth-order valence-electron chi connectivity index (χ4n) is 1.39. The van der Waals surface area contributed by atoms with Gasteiger partial charge in [-0.1, -0.05) is 13.0 Å². The van der Waals surface area contributed by atoms with Crippen molar-refractivity contribution in [1.29, 1.82) is 0 Å². The van der Waals surface area contributed by atoms with Crippen molar-refractivity contribution in [3.05, 3.63) is 24.5 Å². The number of aromatic nitrogens is 2. The van der Waals surface area contributed by atoms with Crippen LogP contribution in [0.5, 0.6) is 0 Å².